The lowest BCUT2D eigenvalue weighted by molar-refractivity contribution is 0.162. The van der Waals surface area contributed by atoms with Gasteiger partial charge in [-0.2, -0.15) is 0 Å². The van der Waals surface area contributed by atoms with Gasteiger partial charge < -0.3 is 4.74 Å². The maximum absolute atomic E-state index is 13.0. The molecule has 3 aromatic rings. The van der Waals surface area contributed by atoms with Crippen LogP contribution >= 0.6 is 12.4 Å². The number of rotatable bonds is 3. The van der Waals surface area contributed by atoms with Crippen molar-refractivity contribution in [2.24, 2.45) is 0 Å². The van der Waals surface area contributed by atoms with Crippen LogP contribution in [0.2, 0.25) is 0 Å². The number of benzene rings is 1. The topological polar surface area (TPSA) is 47.4 Å². The molecule has 1 atom stereocenters. The Balaban J connectivity index is 0.00000180. The van der Waals surface area contributed by atoms with E-state index in [2.05, 4.69) is 9.88 Å². The summed E-state index contributed by atoms with van der Waals surface area (Å²) in [6.07, 6.45) is 4.93. The van der Waals surface area contributed by atoms with E-state index in [4.69, 9.17) is 4.74 Å². The van der Waals surface area contributed by atoms with Crippen molar-refractivity contribution >= 4 is 23.4 Å². The highest BCUT2D eigenvalue weighted by Gasteiger charge is 2.32. The van der Waals surface area contributed by atoms with E-state index in [9.17, 15) is 4.79 Å². The molecule has 2 aromatic heterocycles. The molecular weight excluding hydrogens is 362 g/mol. The van der Waals surface area contributed by atoms with E-state index < -0.39 is 0 Å². The van der Waals surface area contributed by atoms with Crippen molar-refractivity contribution in [3.05, 3.63) is 64.4 Å². The third kappa shape index (κ3) is 3.11. The largest absolute Gasteiger partial charge is 0.473 e. The zero-order valence-corrected chi connectivity index (χ0v) is 15.8. The molecule has 6 heteroatoms. The van der Waals surface area contributed by atoms with Crippen LogP contribution < -0.4 is 10.2 Å². The molecule has 0 spiro atoms. The molecular formula is C21H22ClN3O2. The van der Waals surface area contributed by atoms with Gasteiger partial charge >= 0.3 is 0 Å². The van der Waals surface area contributed by atoms with Crippen molar-refractivity contribution in [3.63, 3.8) is 0 Å². The third-order valence-electron chi connectivity index (χ3n) is 5.36. The SMILES string of the molecule is Cl.O=c1c2c(n(-c3ccccc3)c3ncccc13)OC(CN1CCCC1)C2. The highest BCUT2D eigenvalue weighted by atomic mass is 35.5. The Morgan fingerprint density at radius 2 is 1.85 bits per heavy atom. The molecule has 0 amide bonds. The summed E-state index contributed by atoms with van der Waals surface area (Å²) in [6, 6.07) is 13.7. The van der Waals surface area contributed by atoms with Crippen molar-refractivity contribution < 1.29 is 4.74 Å². The van der Waals surface area contributed by atoms with Gasteiger partial charge in [0, 0.05) is 19.2 Å². The van der Waals surface area contributed by atoms with Crippen molar-refractivity contribution in [2.75, 3.05) is 19.6 Å². The van der Waals surface area contributed by atoms with Crippen LogP contribution in [-0.4, -0.2) is 40.2 Å². The molecule has 5 nitrogen and oxygen atoms in total. The molecule has 1 fully saturated rings. The van der Waals surface area contributed by atoms with E-state index in [1.807, 2.05) is 47.0 Å². The van der Waals surface area contributed by atoms with Gasteiger partial charge in [-0.1, -0.05) is 18.2 Å². The second-order valence-corrected chi connectivity index (χ2v) is 7.11. The fourth-order valence-corrected chi connectivity index (χ4v) is 4.15. The number of ether oxygens (including phenoxy) is 1. The van der Waals surface area contributed by atoms with Crippen LogP contribution in [-0.2, 0) is 6.42 Å². The number of likely N-dealkylation sites (tertiary alicyclic amines) is 1. The van der Waals surface area contributed by atoms with Gasteiger partial charge in [0.15, 0.2) is 11.1 Å². The first-order valence-electron chi connectivity index (χ1n) is 9.28. The highest BCUT2D eigenvalue weighted by molar-refractivity contribution is 5.85. The second kappa shape index (κ2) is 7.33. The van der Waals surface area contributed by atoms with Crippen molar-refractivity contribution in [1.82, 2.24) is 14.5 Å². The van der Waals surface area contributed by atoms with E-state index in [0.29, 0.717) is 23.3 Å². The minimum atomic E-state index is 0. The molecule has 0 radical (unpaired) electrons. The maximum atomic E-state index is 13.0. The van der Waals surface area contributed by atoms with Gasteiger partial charge in [-0.25, -0.2) is 4.98 Å². The smallest absolute Gasteiger partial charge is 0.207 e. The molecule has 2 aliphatic heterocycles. The molecule has 140 valence electrons. The van der Waals surface area contributed by atoms with Crippen LogP contribution in [0, 0.1) is 0 Å². The second-order valence-electron chi connectivity index (χ2n) is 7.11. The molecule has 2 aliphatic rings. The minimum Gasteiger partial charge on any atom is -0.473 e. The number of nitrogens with zero attached hydrogens (tertiary/aromatic N) is 3. The highest BCUT2D eigenvalue weighted by Crippen LogP contribution is 2.32. The van der Waals surface area contributed by atoms with Gasteiger partial charge in [0.05, 0.1) is 16.6 Å². The molecule has 0 aliphatic carbocycles. The molecule has 0 N–H and O–H groups in total. The fourth-order valence-electron chi connectivity index (χ4n) is 4.15. The van der Waals surface area contributed by atoms with Crippen LogP contribution in [0.5, 0.6) is 5.88 Å². The van der Waals surface area contributed by atoms with Crippen LogP contribution in [0.25, 0.3) is 16.7 Å². The minimum absolute atomic E-state index is 0. The number of hydrogen-bond donors (Lipinski definition) is 0. The Hall–Kier alpha value is -2.37. The molecule has 1 unspecified atom stereocenters. The molecule has 4 heterocycles. The predicted octanol–water partition coefficient (Wildman–Crippen LogP) is 3.21. The zero-order chi connectivity index (χ0) is 17.5. The number of halogens is 1. The predicted molar refractivity (Wildman–Crippen MR) is 108 cm³/mol. The van der Waals surface area contributed by atoms with Crippen LogP contribution in [0.4, 0.5) is 0 Å². The summed E-state index contributed by atoms with van der Waals surface area (Å²) in [4.78, 5) is 20.0. The molecule has 0 bridgehead atoms. The number of hydrogen-bond acceptors (Lipinski definition) is 4. The van der Waals surface area contributed by atoms with Crippen molar-refractivity contribution in [3.8, 4) is 11.6 Å². The first kappa shape index (κ1) is 18.0. The Bertz CT molecular complexity index is 1010. The number of pyridine rings is 2. The summed E-state index contributed by atoms with van der Waals surface area (Å²) in [5.74, 6) is 0.664. The molecule has 27 heavy (non-hydrogen) atoms. The first-order chi connectivity index (χ1) is 12.8. The fraction of sp³-hybridized carbons (Fsp3) is 0.333. The maximum Gasteiger partial charge on any atom is 0.207 e. The van der Waals surface area contributed by atoms with Gasteiger partial charge in [0.2, 0.25) is 5.88 Å². The summed E-state index contributed by atoms with van der Waals surface area (Å²) in [5, 5.41) is 0.653. The lowest BCUT2D eigenvalue weighted by Gasteiger charge is -2.20. The lowest BCUT2D eigenvalue weighted by Crippen LogP contribution is -2.33. The summed E-state index contributed by atoms with van der Waals surface area (Å²) in [5.41, 5.74) is 2.45. The summed E-state index contributed by atoms with van der Waals surface area (Å²) >= 11 is 0. The van der Waals surface area contributed by atoms with E-state index in [-0.39, 0.29) is 23.9 Å². The average Bonchev–Trinajstić information content (AvgIpc) is 3.33. The Kier molecular flexibility index (Phi) is 4.89. The number of fused-ring (bicyclic) bond motifs is 2. The van der Waals surface area contributed by atoms with E-state index in [1.165, 1.54) is 12.8 Å². The van der Waals surface area contributed by atoms with Gasteiger partial charge in [-0.05, 0) is 50.2 Å². The van der Waals surface area contributed by atoms with Gasteiger partial charge in [0.25, 0.3) is 0 Å². The van der Waals surface area contributed by atoms with Gasteiger partial charge in [-0.3, -0.25) is 14.3 Å². The van der Waals surface area contributed by atoms with Crippen LogP contribution in [0.3, 0.4) is 0 Å². The Morgan fingerprint density at radius 3 is 2.63 bits per heavy atom. The Labute approximate surface area is 164 Å². The number of aromatic nitrogens is 2. The van der Waals surface area contributed by atoms with Gasteiger partial charge in [0.1, 0.15) is 6.10 Å². The number of para-hydroxylation sites is 1. The van der Waals surface area contributed by atoms with Crippen LogP contribution in [0.1, 0.15) is 18.4 Å². The van der Waals surface area contributed by atoms with E-state index in [1.54, 1.807) is 6.20 Å². The van der Waals surface area contributed by atoms with Gasteiger partial charge in [-0.15, -0.1) is 12.4 Å². The normalized spacial score (nSPS) is 18.9. The standard InChI is InChI=1S/C21H21N3O2.ClH/c25-19-17-9-6-10-22-20(17)24(15-7-2-1-3-8-15)21-18(19)13-16(26-21)14-23-11-4-5-12-23;/h1-3,6-10,16H,4-5,11-14H2;1H. The van der Waals surface area contributed by atoms with Crippen molar-refractivity contribution in [1.29, 1.82) is 0 Å². The molecule has 1 saturated heterocycles. The monoisotopic (exact) mass is 383 g/mol. The lowest BCUT2D eigenvalue weighted by atomic mass is 10.1. The van der Waals surface area contributed by atoms with Crippen molar-refractivity contribution in [2.45, 2.75) is 25.4 Å². The van der Waals surface area contributed by atoms with E-state index in [0.717, 1.165) is 30.9 Å². The van der Waals surface area contributed by atoms with E-state index >= 15 is 0 Å². The summed E-state index contributed by atoms with van der Waals surface area (Å²) in [6.45, 7) is 3.14. The first-order valence-corrected chi connectivity index (χ1v) is 9.28. The third-order valence-corrected chi connectivity index (χ3v) is 5.36. The molecule has 0 saturated carbocycles. The summed E-state index contributed by atoms with van der Waals surface area (Å²) < 4.78 is 8.32. The summed E-state index contributed by atoms with van der Waals surface area (Å²) in [7, 11) is 0. The quantitative estimate of drug-likeness (QED) is 0.696. The molecule has 1 aromatic carbocycles. The molecule has 5 rings (SSSR count). The van der Waals surface area contributed by atoms with Crippen LogP contribution in [0.15, 0.2) is 53.5 Å². The zero-order valence-electron chi connectivity index (χ0n) is 15.0. The Morgan fingerprint density at radius 1 is 1.07 bits per heavy atom. The average molecular weight is 384 g/mol.